The molecule has 0 bridgehead atoms. The average Bonchev–Trinajstić information content (AvgIpc) is 3.56. The Morgan fingerprint density at radius 3 is 2.76 bits per heavy atom. The number of nitriles is 1. The number of sulfone groups is 1. The number of nitrogens with one attached hydrogen (secondary N) is 1. The highest BCUT2D eigenvalue weighted by Crippen LogP contribution is 2.46. The molecule has 0 saturated heterocycles. The van der Waals surface area contributed by atoms with Crippen molar-refractivity contribution >= 4 is 43.0 Å². The van der Waals surface area contributed by atoms with E-state index in [1.807, 2.05) is 35.4 Å². The van der Waals surface area contributed by atoms with Crippen LogP contribution in [0.4, 0.5) is 11.6 Å². The van der Waals surface area contributed by atoms with Gasteiger partial charge < -0.3 is 5.32 Å². The minimum absolute atomic E-state index is 0.106. The largest absolute Gasteiger partial charge is 0.321 e. The van der Waals surface area contributed by atoms with E-state index in [1.54, 1.807) is 35.3 Å². The number of aryl methyl sites for hydroxylation is 1. The molecule has 0 atom stereocenters. The lowest BCUT2D eigenvalue weighted by Crippen LogP contribution is -2.52. The molecule has 0 amide bonds. The Hall–Kier alpha value is -3.30. The Labute approximate surface area is 201 Å². The Balaban J connectivity index is 1.48. The lowest BCUT2D eigenvalue weighted by atomic mass is 9.74. The molecule has 1 fully saturated rings. The van der Waals surface area contributed by atoms with Crippen LogP contribution in [-0.4, -0.2) is 48.9 Å². The summed E-state index contributed by atoms with van der Waals surface area (Å²) < 4.78 is 29.1. The summed E-state index contributed by atoms with van der Waals surface area (Å²) in [5, 5.41) is 23.0. The summed E-state index contributed by atoms with van der Waals surface area (Å²) >= 11 is 1.55. The number of fused-ring (bicyclic) bond motifs is 1. The van der Waals surface area contributed by atoms with Crippen LogP contribution in [0.15, 0.2) is 36.2 Å². The second-order valence-corrected chi connectivity index (χ2v) is 11.9. The molecule has 0 spiro atoms. The quantitative estimate of drug-likeness (QED) is 0.390. The smallest absolute Gasteiger partial charge is 0.228 e. The van der Waals surface area contributed by atoms with Crippen LogP contribution in [0.2, 0.25) is 0 Å². The number of nitrogens with zero attached hydrogens (tertiary/aromatic N) is 7. The third kappa shape index (κ3) is 3.84. The molecule has 1 saturated carbocycles. The fourth-order valence-electron chi connectivity index (χ4n) is 4.39. The van der Waals surface area contributed by atoms with Crippen LogP contribution in [0.3, 0.4) is 0 Å². The molecular weight excluding hydrogens is 472 g/mol. The Morgan fingerprint density at radius 1 is 1.24 bits per heavy atom. The van der Waals surface area contributed by atoms with Gasteiger partial charge in [0.25, 0.3) is 0 Å². The summed E-state index contributed by atoms with van der Waals surface area (Å²) in [6.45, 7) is 4.44. The van der Waals surface area contributed by atoms with Crippen LogP contribution < -0.4 is 5.32 Å². The molecule has 176 valence electrons. The van der Waals surface area contributed by atoms with Crippen LogP contribution in [0.5, 0.6) is 0 Å². The zero-order chi connectivity index (χ0) is 23.9. The number of hydrogen-bond acceptors (Lipinski definition) is 9. The summed E-state index contributed by atoms with van der Waals surface area (Å²) in [6, 6.07) is 4.16. The van der Waals surface area contributed by atoms with Crippen LogP contribution in [0.25, 0.3) is 21.5 Å². The summed E-state index contributed by atoms with van der Waals surface area (Å²) in [6.07, 6.45) is 8.20. The van der Waals surface area contributed by atoms with E-state index >= 15 is 0 Å². The number of rotatable bonds is 8. The van der Waals surface area contributed by atoms with Gasteiger partial charge in [-0.1, -0.05) is 6.92 Å². The van der Waals surface area contributed by atoms with E-state index in [2.05, 4.69) is 26.6 Å². The van der Waals surface area contributed by atoms with Crippen molar-refractivity contribution in [3.8, 4) is 17.3 Å². The maximum absolute atomic E-state index is 12.3. The highest BCUT2D eigenvalue weighted by Gasteiger charge is 2.51. The monoisotopic (exact) mass is 496 g/mol. The van der Waals surface area contributed by atoms with Crippen molar-refractivity contribution in [2.24, 2.45) is 0 Å². The molecule has 0 aliphatic heterocycles. The van der Waals surface area contributed by atoms with E-state index in [9.17, 15) is 13.7 Å². The first kappa shape index (κ1) is 22.5. The SMILES string of the molecule is CCn1cc(Nc2nc(-c3cnn(C4(CC#N)CC(S(=O)(=O)CC)C4)c3)c3sccc3n2)cn1. The van der Waals surface area contributed by atoms with Gasteiger partial charge >= 0.3 is 0 Å². The van der Waals surface area contributed by atoms with Crippen molar-refractivity contribution in [1.82, 2.24) is 29.5 Å². The van der Waals surface area contributed by atoms with Gasteiger partial charge in [-0.2, -0.15) is 15.5 Å². The van der Waals surface area contributed by atoms with Crippen LogP contribution in [0, 0.1) is 11.3 Å². The highest BCUT2D eigenvalue weighted by molar-refractivity contribution is 7.92. The molecule has 4 aromatic rings. The Kier molecular flexibility index (Phi) is 5.61. The first-order valence-corrected chi connectivity index (χ1v) is 13.7. The third-order valence-electron chi connectivity index (χ3n) is 6.39. The second-order valence-electron chi connectivity index (χ2n) is 8.46. The van der Waals surface area contributed by atoms with Gasteiger partial charge in [0.1, 0.15) is 0 Å². The van der Waals surface area contributed by atoms with E-state index < -0.39 is 20.6 Å². The van der Waals surface area contributed by atoms with Gasteiger partial charge in [0, 0.05) is 30.3 Å². The van der Waals surface area contributed by atoms with Crippen molar-refractivity contribution in [2.45, 2.75) is 50.4 Å². The predicted octanol–water partition coefficient (Wildman–Crippen LogP) is 3.72. The van der Waals surface area contributed by atoms with E-state index in [4.69, 9.17) is 4.98 Å². The van der Waals surface area contributed by atoms with Gasteiger partial charge in [-0.3, -0.25) is 9.36 Å². The third-order valence-corrected chi connectivity index (χ3v) is 9.46. The number of anilines is 2. The lowest BCUT2D eigenvalue weighted by Gasteiger charge is -2.45. The maximum Gasteiger partial charge on any atom is 0.228 e. The number of hydrogen-bond donors (Lipinski definition) is 1. The van der Waals surface area contributed by atoms with Crippen molar-refractivity contribution < 1.29 is 8.42 Å². The molecule has 0 unspecified atom stereocenters. The zero-order valence-electron chi connectivity index (χ0n) is 18.8. The van der Waals surface area contributed by atoms with Crippen molar-refractivity contribution in [2.75, 3.05) is 11.1 Å². The van der Waals surface area contributed by atoms with Gasteiger partial charge in [0.15, 0.2) is 9.84 Å². The summed E-state index contributed by atoms with van der Waals surface area (Å²) in [5.74, 6) is 0.559. The predicted molar refractivity (Wildman–Crippen MR) is 131 cm³/mol. The molecule has 4 aromatic heterocycles. The molecule has 4 heterocycles. The topological polar surface area (TPSA) is 131 Å². The summed E-state index contributed by atoms with van der Waals surface area (Å²) in [7, 11) is -3.15. The van der Waals surface area contributed by atoms with Crippen LogP contribution >= 0.6 is 11.3 Å². The van der Waals surface area contributed by atoms with E-state index in [0.29, 0.717) is 18.8 Å². The second kappa shape index (κ2) is 8.48. The molecule has 34 heavy (non-hydrogen) atoms. The summed E-state index contributed by atoms with van der Waals surface area (Å²) in [5.41, 5.74) is 2.53. The minimum atomic E-state index is -3.15. The molecule has 5 rings (SSSR count). The van der Waals surface area contributed by atoms with Crippen LogP contribution in [0.1, 0.15) is 33.1 Å². The molecular formula is C22H24N8O2S2. The molecule has 0 aromatic carbocycles. The molecule has 1 N–H and O–H groups in total. The fraction of sp³-hybridized carbons (Fsp3) is 0.409. The minimum Gasteiger partial charge on any atom is -0.321 e. The van der Waals surface area contributed by atoms with Crippen molar-refractivity contribution in [3.05, 3.63) is 36.2 Å². The first-order valence-electron chi connectivity index (χ1n) is 11.1. The molecule has 10 nitrogen and oxygen atoms in total. The lowest BCUT2D eigenvalue weighted by molar-refractivity contribution is 0.134. The fourth-order valence-corrected chi connectivity index (χ4v) is 6.83. The molecule has 0 radical (unpaired) electrons. The normalized spacial score (nSPS) is 20.2. The number of thiophene rings is 1. The van der Waals surface area contributed by atoms with Crippen LogP contribution in [-0.2, 0) is 21.9 Å². The van der Waals surface area contributed by atoms with Gasteiger partial charge in [-0.05, 0) is 31.2 Å². The van der Waals surface area contributed by atoms with E-state index in [0.717, 1.165) is 33.7 Å². The van der Waals surface area contributed by atoms with Gasteiger partial charge in [0.2, 0.25) is 5.95 Å². The van der Waals surface area contributed by atoms with Crippen molar-refractivity contribution in [1.29, 1.82) is 5.26 Å². The summed E-state index contributed by atoms with van der Waals surface area (Å²) in [4.78, 5) is 9.39. The molecule has 1 aliphatic rings. The van der Waals surface area contributed by atoms with E-state index in [1.165, 1.54) is 0 Å². The Bertz CT molecular complexity index is 1490. The maximum atomic E-state index is 12.3. The van der Waals surface area contributed by atoms with Gasteiger partial charge in [-0.25, -0.2) is 18.4 Å². The first-order chi connectivity index (χ1) is 16.4. The Morgan fingerprint density at radius 2 is 2.06 bits per heavy atom. The standard InChI is InChI=1S/C22H24N8O2S2/c1-3-29-14-16(12-24-29)26-21-27-18-5-8-33-20(18)19(28-21)15-11-25-30(13-15)22(6-7-23)9-17(10-22)34(31,32)4-2/h5,8,11-14,17H,3-4,6,9-10H2,1-2H3,(H,26,27,28). The molecule has 12 heteroatoms. The highest BCUT2D eigenvalue weighted by atomic mass is 32.2. The van der Waals surface area contributed by atoms with E-state index in [-0.39, 0.29) is 12.2 Å². The van der Waals surface area contributed by atoms with Gasteiger partial charge in [-0.15, -0.1) is 11.3 Å². The van der Waals surface area contributed by atoms with Crippen molar-refractivity contribution in [3.63, 3.8) is 0 Å². The molecule has 1 aliphatic carbocycles. The average molecular weight is 497 g/mol. The zero-order valence-corrected chi connectivity index (χ0v) is 20.5. The number of aromatic nitrogens is 6. The van der Waals surface area contributed by atoms with Gasteiger partial charge in [0.05, 0.1) is 57.3 Å².